The molecule has 2 aliphatic rings. The maximum absolute atomic E-state index is 13.2. The number of thioether (sulfide) groups is 2. The first kappa shape index (κ1) is 17.3. The smallest absolute Gasteiger partial charge is 0.198 e. The number of ketones is 2. The third-order valence-corrected chi connectivity index (χ3v) is 7.84. The highest BCUT2D eigenvalue weighted by Gasteiger charge is 2.30. The van der Waals surface area contributed by atoms with Crippen molar-refractivity contribution in [2.75, 3.05) is 5.75 Å². The number of nitrogens with zero attached hydrogens (tertiary/aromatic N) is 1. The summed E-state index contributed by atoms with van der Waals surface area (Å²) in [7, 11) is 0. The highest BCUT2D eigenvalue weighted by Crippen LogP contribution is 2.41. The monoisotopic (exact) mass is 407 g/mol. The fraction of sp³-hybridized carbons (Fsp3) is 0.278. The van der Waals surface area contributed by atoms with E-state index in [1.165, 1.54) is 23.1 Å². The second kappa shape index (κ2) is 7.27. The summed E-state index contributed by atoms with van der Waals surface area (Å²) in [5.74, 6) is 0.661. The predicted molar refractivity (Wildman–Crippen MR) is 104 cm³/mol. The molecule has 0 radical (unpaired) electrons. The topological polar surface area (TPSA) is 47.0 Å². The fourth-order valence-electron chi connectivity index (χ4n) is 3.08. The first-order chi connectivity index (χ1) is 12.1. The van der Waals surface area contributed by atoms with E-state index in [0.29, 0.717) is 22.6 Å². The summed E-state index contributed by atoms with van der Waals surface area (Å²) in [5.41, 5.74) is 1.79. The lowest BCUT2D eigenvalue weighted by Crippen LogP contribution is -2.19. The first-order valence-electron chi connectivity index (χ1n) is 7.97. The summed E-state index contributed by atoms with van der Waals surface area (Å²) in [6.07, 6.45) is 4.52. The number of Topliss-reactive ketones (excluding diaryl/α,β-unsaturated/α-hetero) is 2. The van der Waals surface area contributed by atoms with E-state index in [-0.39, 0.29) is 11.6 Å². The van der Waals surface area contributed by atoms with Crippen LogP contribution in [0.5, 0.6) is 0 Å². The summed E-state index contributed by atoms with van der Waals surface area (Å²) in [5, 5.41) is 2.40. The molecule has 0 spiro atoms. The van der Waals surface area contributed by atoms with Crippen molar-refractivity contribution >= 4 is 58.0 Å². The number of carbonyl (C=O) groups excluding carboxylic acids is 2. The van der Waals surface area contributed by atoms with Gasteiger partial charge in [-0.25, -0.2) is 4.98 Å². The number of halogens is 1. The van der Waals surface area contributed by atoms with Crippen molar-refractivity contribution in [1.82, 2.24) is 4.98 Å². The number of fused-ring (bicyclic) bond motifs is 1. The Kier molecular flexibility index (Phi) is 5.04. The Balaban J connectivity index is 1.76. The molecule has 7 heteroatoms. The first-order valence-corrected chi connectivity index (χ1v) is 11.0. The quantitative estimate of drug-likeness (QED) is 0.499. The van der Waals surface area contributed by atoms with E-state index >= 15 is 0 Å². The second-order valence-electron chi connectivity index (χ2n) is 5.81. The van der Waals surface area contributed by atoms with Crippen LogP contribution in [0.25, 0.3) is 0 Å². The molecule has 0 amide bonds. The molecule has 0 atom stereocenters. The zero-order chi connectivity index (χ0) is 17.4. The molecule has 1 aliphatic carbocycles. The van der Waals surface area contributed by atoms with Gasteiger partial charge >= 0.3 is 0 Å². The van der Waals surface area contributed by atoms with Gasteiger partial charge in [-0.05, 0) is 37.0 Å². The highest BCUT2D eigenvalue weighted by molar-refractivity contribution is 8.04. The molecule has 0 saturated carbocycles. The number of hydrogen-bond acceptors (Lipinski definition) is 6. The summed E-state index contributed by atoms with van der Waals surface area (Å²) in [6, 6.07) is 3.72. The lowest BCUT2D eigenvalue weighted by atomic mass is 9.91. The van der Waals surface area contributed by atoms with Gasteiger partial charge in [0.1, 0.15) is 0 Å². The number of rotatable bonds is 4. The minimum absolute atomic E-state index is 0.0822. The van der Waals surface area contributed by atoms with Gasteiger partial charge in [0.15, 0.2) is 15.9 Å². The van der Waals surface area contributed by atoms with Crippen LogP contribution in [0.1, 0.15) is 35.2 Å². The summed E-state index contributed by atoms with van der Waals surface area (Å²) < 4.78 is 0.853. The molecule has 0 saturated heterocycles. The third-order valence-electron chi connectivity index (χ3n) is 4.27. The zero-order valence-electron chi connectivity index (χ0n) is 13.2. The second-order valence-corrected chi connectivity index (χ2v) is 9.56. The lowest BCUT2D eigenvalue weighted by Gasteiger charge is -2.18. The van der Waals surface area contributed by atoms with E-state index in [9.17, 15) is 9.59 Å². The molecule has 0 fully saturated rings. The molecule has 0 N–H and O–H groups in total. The Morgan fingerprint density at radius 2 is 2.12 bits per heavy atom. The van der Waals surface area contributed by atoms with Crippen LogP contribution in [0.4, 0.5) is 0 Å². The number of hydrogen-bond donors (Lipinski definition) is 0. The summed E-state index contributed by atoms with van der Waals surface area (Å²) in [6.45, 7) is 0. The van der Waals surface area contributed by atoms with E-state index in [2.05, 4.69) is 4.98 Å². The largest absolute Gasteiger partial charge is 0.294 e. The molecule has 128 valence electrons. The predicted octanol–water partition coefficient (Wildman–Crippen LogP) is 5.43. The zero-order valence-corrected chi connectivity index (χ0v) is 16.4. The van der Waals surface area contributed by atoms with Crippen LogP contribution in [0.2, 0.25) is 5.02 Å². The van der Waals surface area contributed by atoms with Crippen molar-refractivity contribution in [3.63, 3.8) is 0 Å². The van der Waals surface area contributed by atoms with Gasteiger partial charge in [-0.3, -0.25) is 9.59 Å². The van der Waals surface area contributed by atoms with Crippen LogP contribution in [0.3, 0.4) is 0 Å². The molecule has 1 aliphatic heterocycles. The number of thiazole rings is 1. The minimum Gasteiger partial charge on any atom is -0.294 e. The van der Waals surface area contributed by atoms with Gasteiger partial charge in [0, 0.05) is 39.1 Å². The standard InChI is InChI=1S/C18H14ClNO2S3/c19-16-10-6-8-23-13(10)5-4-11(16)17(22)15-12(21)2-1-3-14(15)25-18-20-7-9-24-18/h4-5,7,9H,1-3,6,8H2. The molecule has 2 heterocycles. The average Bonchev–Trinajstić information content (AvgIpc) is 3.26. The van der Waals surface area contributed by atoms with Crippen LogP contribution < -0.4 is 0 Å². The molecule has 1 aromatic heterocycles. The van der Waals surface area contributed by atoms with Crippen LogP contribution >= 0.6 is 46.5 Å². The van der Waals surface area contributed by atoms with Crippen LogP contribution in [0.15, 0.2) is 43.4 Å². The number of aromatic nitrogens is 1. The molecule has 2 aromatic rings. The van der Waals surface area contributed by atoms with Crippen molar-refractivity contribution in [2.45, 2.75) is 34.9 Å². The van der Waals surface area contributed by atoms with Gasteiger partial charge in [0.2, 0.25) is 0 Å². The number of carbonyl (C=O) groups is 2. The van der Waals surface area contributed by atoms with Gasteiger partial charge in [-0.15, -0.1) is 23.1 Å². The van der Waals surface area contributed by atoms with Crippen LogP contribution in [-0.2, 0) is 11.2 Å². The van der Waals surface area contributed by atoms with Gasteiger partial charge in [0.05, 0.1) is 10.6 Å². The van der Waals surface area contributed by atoms with Gasteiger partial charge in [0.25, 0.3) is 0 Å². The minimum atomic E-state index is -0.242. The third kappa shape index (κ3) is 3.33. The fourth-order valence-corrected chi connectivity index (χ4v) is 6.45. The Bertz CT molecular complexity index is 890. The van der Waals surface area contributed by atoms with Crippen molar-refractivity contribution in [3.8, 4) is 0 Å². The van der Waals surface area contributed by atoms with Crippen molar-refractivity contribution in [2.24, 2.45) is 0 Å². The van der Waals surface area contributed by atoms with E-state index < -0.39 is 0 Å². The average molecular weight is 408 g/mol. The molecule has 1 aromatic carbocycles. The number of benzene rings is 1. The van der Waals surface area contributed by atoms with E-state index in [1.807, 2.05) is 11.4 Å². The maximum atomic E-state index is 13.2. The van der Waals surface area contributed by atoms with Gasteiger partial charge in [-0.2, -0.15) is 0 Å². The number of allylic oxidation sites excluding steroid dienone is 2. The Hall–Kier alpha value is -1.08. The Labute approximate surface area is 163 Å². The highest BCUT2D eigenvalue weighted by atomic mass is 35.5. The van der Waals surface area contributed by atoms with Crippen molar-refractivity contribution < 1.29 is 9.59 Å². The van der Waals surface area contributed by atoms with Gasteiger partial charge < -0.3 is 0 Å². The van der Waals surface area contributed by atoms with Crippen molar-refractivity contribution in [1.29, 1.82) is 0 Å². The molecule has 3 nitrogen and oxygen atoms in total. The van der Waals surface area contributed by atoms with E-state index in [0.717, 1.165) is 44.7 Å². The molecule has 25 heavy (non-hydrogen) atoms. The Morgan fingerprint density at radius 1 is 1.24 bits per heavy atom. The van der Waals surface area contributed by atoms with E-state index in [4.69, 9.17) is 11.6 Å². The Morgan fingerprint density at radius 3 is 2.92 bits per heavy atom. The molecular formula is C18H14ClNO2S3. The molecular weight excluding hydrogens is 394 g/mol. The molecule has 0 unspecified atom stereocenters. The summed E-state index contributed by atoms with van der Waals surface area (Å²) in [4.78, 5) is 31.9. The normalized spacial score (nSPS) is 17.1. The van der Waals surface area contributed by atoms with E-state index in [1.54, 1.807) is 24.0 Å². The van der Waals surface area contributed by atoms with Crippen LogP contribution in [0, 0.1) is 0 Å². The lowest BCUT2D eigenvalue weighted by molar-refractivity contribution is -0.115. The van der Waals surface area contributed by atoms with Crippen LogP contribution in [-0.4, -0.2) is 22.3 Å². The van der Waals surface area contributed by atoms with Gasteiger partial charge in [-0.1, -0.05) is 23.4 Å². The molecule has 4 rings (SSSR count). The summed E-state index contributed by atoms with van der Waals surface area (Å²) >= 11 is 11.2. The molecule has 0 bridgehead atoms. The van der Waals surface area contributed by atoms with Crippen molar-refractivity contribution in [3.05, 3.63) is 50.3 Å². The SMILES string of the molecule is O=C1CCCC(Sc2nccs2)=C1C(=O)c1ccc2c(c1Cl)CCS2. The maximum Gasteiger partial charge on any atom is 0.198 e.